The van der Waals surface area contributed by atoms with Crippen LogP contribution in [0, 0.1) is 32.1 Å². The highest BCUT2D eigenvalue weighted by Crippen LogP contribution is 2.28. The molecule has 148 valence electrons. The van der Waals surface area contributed by atoms with Gasteiger partial charge in [-0.1, -0.05) is 12.1 Å². The van der Waals surface area contributed by atoms with Crippen LogP contribution < -0.4 is 19.5 Å². The van der Waals surface area contributed by atoms with Gasteiger partial charge in [0.2, 0.25) is 5.91 Å². The van der Waals surface area contributed by atoms with Crippen LogP contribution in [0.3, 0.4) is 0 Å². The van der Waals surface area contributed by atoms with Crippen LogP contribution >= 0.6 is 0 Å². The number of amides is 1. The Bertz CT molecular complexity index is 872. The molecule has 0 atom stereocenters. The van der Waals surface area contributed by atoms with E-state index in [1.54, 1.807) is 19.2 Å². The summed E-state index contributed by atoms with van der Waals surface area (Å²) in [5.74, 6) is 1.75. The number of nitrogens with one attached hydrogen (secondary N) is 1. The number of nitriles is 1. The third kappa shape index (κ3) is 5.92. The lowest BCUT2D eigenvalue weighted by Gasteiger charge is -2.15. The zero-order valence-corrected chi connectivity index (χ0v) is 16.8. The monoisotopic (exact) mass is 382 g/mol. The second kappa shape index (κ2) is 10.2. The minimum Gasteiger partial charge on any atom is -0.493 e. The minimum atomic E-state index is -0.305. The number of carbonyl (C=O) groups is 1. The number of benzene rings is 2. The van der Waals surface area contributed by atoms with Crippen molar-refractivity contribution in [2.24, 2.45) is 0 Å². The van der Waals surface area contributed by atoms with Crippen LogP contribution in [0.15, 0.2) is 30.3 Å². The first-order chi connectivity index (χ1) is 13.4. The van der Waals surface area contributed by atoms with E-state index < -0.39 is 0 Å². The van der Waals surface area contributed by atoms with E-state index in [9.17, 15) is 4.79 Å². The van der Waals surface area contributed by atoms with Gasteiger partial charge in [-0.25, -0.2) is 0 Å². The first-order valence-electron chi connectivity index (χ1n) is 9.08. The maximum atomic E-state index is 11.4. The van der Waals surface area contributed by atoms with E-state index in [1.165, 1.54) is 5.56 Å². The van der Waals surface area contributed by atoms with Gasteiger partial charge in [0.15, 0.2) is 11.5 Å². The maximum Gasteiger partial charge on any atom is 0.234 e. The zero-order valence-electron chi connectivity index (χ0n) is 16.8. The Morgan fingerprint density at radius 2 is 1.75 bits per heavy atom. The average Bonchev–Trinajstić information content (AvgIpc) is 2.67. The smallest absolute Gasteiger partial charge is 0.234 e. The van der Waals surface area contributed by atoms with E-state index in [4.69, 9.17) is 19.5 Å². The summed E-state index contributed by atoms with van der Waals surface area (Å²) in [6, 6.07) is 11.4. The molecule has 0 radical (unpaired) electrons. The van der Waals surface area contributed by atoms with Crippen molar-refractivity contribution in [1.82, 2.24) is 5.32 Å². The molecule has 0 saturated heterocycles. The largest absolute Gasteiger partial charge is 0.493 e. The number of ether oxygens (including phenoxy) is 3. The predicted octanol–water partition coefficient (Wildman–Crippen LogP) is 3.61. The van der Waals surface area contributed by atoms with Crippen LogP contribution in [-0.2, 0) is 11.3 Å². The fraction of sp³-hybridized carbons (Fsp3) is 0.364. The van der Waals surface area contributed by atoms with Gasteiger partial charge in [0.05, 0.1) is 13.2 Å². The molecule has 1 amide bonds. The molecule has 0 saturated carbocycles. The highest BCUT2D eigenvalue weighted by Gasteiger charge is 2.08. The van der Waals surface area contributed by atoms with Crippen molar-refractivity contribution >= 4 is 5.91 Å². The zero-order chi connectivity index (χ0) is 20.5. The Morgan fingerprint density at radius 1 is 1.04 bits per heavy atom. The molecule has 2 aromatic rings. The van der Waals surface area contributed by atoms with Crippen LogP contribution in [-0.4, -0.2) is 26.2 Å². The quantitative estimate of drug-likeness (QED) is 0.670. The molecular formula is C22H26N2O4. The number of hydrogen-bond acceptors (Lipinski definition) is 5. The van der Waals surface area contributed by atoms with E-state index in [1.807, 2.05) is 32.0 Å². The molecule has 0 fully saturated rings. The summed E-state index contributed by atoms with van der Waals surface area (Å²) in [6.45, 7) is 7.28. The van der Waals surface area contributed by atoms with Gasteiger partial charge >= 0.3 is 0 Å². The van der Waals surface area contributed by atoms with Crippen LogP contribution in [0.2, 0.25) is 0 Å². The number of rotatable bonds is 9. The first-order valence-corrected chi connectivity index (χ1v) is 9.08. The lowest BCUT2D eigenvalue weighted by atomic mass is 10.1. The van der Waals surface area contributed by atoms with Crippen molar-refractivity contribution in [3.8, 4) is 23.3 Å². The fourth-order valence-electron chi connectivity index (χ4n) is 2.73. The molecule has 28 heavy (non-hydrogen) atoms. The van der Waals surface area contributed by atoms with Crippen molar-refractivity contribution < 1.29 is 19.0 Å². The molecule has 6 nitrogen and oxygen atoms in total. The molecule has 0 aliphatic heterocycles. The van der Waals surface area contributed by atoms with Gasteiger partial charge in [-0.3, -0.25) is 4.79 Å². The van der Waals surface area contributed by atoms with Gasteiger partial charge in [-0.05, 0) is 61.2 Å². The third-order valence-corrected chi connectivity index (χ3v) is 4.32. The maximum absolute atomic E-state index is 11.4. The van der Waals surface area contributed by atoms with Gasteiger partial charge < -0.3 is 19.5 Å². The summed E-state index contributed by atoms with van der Waals surface area (Å²) in [5, 5.41) is 11.2. The topological polar surface area (TPSA) is 80.6 Å². The molecule has 0 heterocycles. The summed E-state index contributed by atoms with van der Waals surface area (Å²) in [6.07, 6.45) is -0.154. The van der Waals surface area contributed by atoms with E-state index in [-0.39, 0.29) is 12.3 Å². The lowest BCUT2D eigenvalue weighted by Crippen LogP contribution is -2.21. The summed E-state index contributed by atoms with van der Waals surface area (Å²) in [5.41, 5.74) is 4.36. The number of carbonyl (C=O) groups excluding carboxylic acids is 1. The predicted molar refractivity (Wildman–Crippen MR) is 107 cm³/mol. The van der Waals surface area contributed by atoms with Gasteiger partial charge in [-0.2, -0.15) is 5.26 Å². The minimum absolute atomic E-state index is 0.154. The number of methoxy groups -OCH3 is 1. The van der Waals surface area contributed by atoms with Crippen molar-refractivity contribution in [3.05, 3.63) is 52.6 Å². The SMILES string of the molecule is COc1cc(CNC(=O)CC#N)ccc1OCCOc1cc(C)cc(C)c1C. The molecule has 2 rings (SSSR count). The Hall–Kier alpha value is -3.20. The molecule has 6 heteroatoms. The fourth-order valence-corrected chi connectivity index (χ4v) is 2.73. The number of hydrogen-bond donors (Lipinski definition) is 1. The average molecular weight is 382 g/mol. The Balaban J connectivity index is 1.90. The van der Waals surface area contributed by atoms with Crippen molar-refractivity contribution in [3.63, 3.8) is 0 Å². The first kappa shape index (κ1) is 21.1. The van der Waals surface area contributed by atoms with Gasteiger partial charge in [0.25, 0.3) is 0 Å². The molecule has 0 aliphatic rings. The van der Waals surface area contributed by atoms with Gasteiger partial charge in [-0.15, -0.1) is 0 Å². The summed E-state index contributed by atoms with van der Waals surface area (Å²) >= 11 is 0. The second-order valence-corrected chi connectivity index (χ2v) is 6.50. The lowest BCUT2D eigenvalue weighted by molar-refractivity contribution is -0.120. The number of aryl methyl sites for hydroxylation is 2. The summed E-state index contributed by atoms with van der Waals surface area (Å²) in [4.78, 5) is 11.4. The second-order valence-electron chi connectivity index (χ2n) is 6.50. The normalized spacial score (nSPS) is 10.1. The standard InChI is InChI=1S/C22H26N2O4/c1-15-11-16(2)17(3)20(12-15)28-10-9-27-19-6-5-18(13-21(19)26-4)14-24-22(25)7-8-23/h5-6,11-13H,7,9-10,14H2,1-4H3,(H,24,25). The van der Waals surface area contributed by atoms with Crippen molar-refractivity contribution in [1.29, 1.82) is 5.26 Å². The Kier molecular flexibility index (Phi) is 7.70. The summed E-state index contributed by atoms with van der Waals surface area (Å²) in [7, 11) is 1.57. The molecular weight excluding hydrogens is 356 g/mol. The van der Waals surface area contributed by atoms with E-state index in [0.717, 1.165) is 22.4 Å². The molecule has 1 N–H and O–H groups in total. The highest BCUT2D eigenvalue weighted by atomic mass is 16.5. The van der Waals surface area contributed by atoms with E-state index >= 15 is 0 Å². The van der Waals surface area contributed by atoms with Crippen LogP contribution in [0.1, 0.15) is 28.7 Å². The molecule has 2 aromatic carbocycles. The van der Waals surface area contributed by atoms with Crippen molar-refractivity contribution in [2.45, 2.75) is 33.7 Å². The molecule has 0 aromatic heterocycles. The van der Waals surface area contributed by atoms with Crippen LogP contribution in [0.25, 0.3) is 0 Å². The molecule has 0 spiro atoms. The van der Waals surface area contributed by atoms with Crippen LogP contribution in [0.4, 0.5) is 0 Å². The van der Waals surface area contributed by atoms with Gasteiger partial charge in [0.1, 0.15) is 25.4 Å². The Labute approximate surface area is 166 Å². The molecule has 0 aliphatic carbocycles. The van der Waals surface area contributed by atoms with E-state index in [2.05, 4.69) is 18.3 Å². The Morgan fingerprint density at radius 3 is 2.43 bits per heavy atom. The summed E-state index contributed by atoms with van der Waals surface area (Å²) < 4.78 is 17.0. The van der Waals surface area contributed by atoms with Gasteiger partial charge in [0, 0.05) is 6.54 Å². The highest BCUT2D eigenvalue weighted by molar-refractivity contribution is 5.77. The van der Waals surface area contributed by atoms with E-state index in [0.29, 0.717) is 31.3 Å². The molecule has 0 unspecified atom stereocenters. The molecule has 0 bridgehead atoms. The number of nitrogens with zero attached hydrogens (tertiary/aromatic N) is 1. The van der Waals surface area contributed by atoms with Crippen molar-refractivity contribution in [2.75, 3.05) is 20.3 Å². The third-order valence-electron chi connectivity index (χ3n) is 4.32. The van der Waals surface area contributed by atoms with Crippen LogP contribution in [0.5, 0.6) is 17.2 Å².